The Bertz CT molecular complexity index is 209. The highest BCUT2D eigenvalue weighted by Crippen LogP contribution is 2.26. The van der Waals surface area contributed by atoms with Crippen LogP contribution in [-0.2, 0) is 0 Å². The number of likely N-dealkylation sites (tertiary alicyclic amines) is 2. The zero-order valence-corrected chi connectivity index (χ0v) is 10.3. The molecule has 0 radical (unpaired) electrons. The fourth-order valence-electron chi connectivity index (χ4n) is 3.17. The Kier molecular flexibility index (Phi) is 3.33. The molecule has 0 aliphatic carbocycles. The highest BCUT2D eigenvalue weighted by atomic mass is 15.3. The van der Waals surface area contributed by atoms with Crippen molar-refractivity contribution in [3.63, 3.8) is 0 Å². The zero-order chi connectivity index (χ0) is 11.0. The van der Waals surface area contributed by atoms with Crippen LogP contribution in [0, 0.1) is 0 Å². The monoisotopic (exact) mass is 211 g/mol. The van der Waals surface area contributed by atoms with E-state index in [-0.39, 0.29) is 0 Å². The van der Waals surface area contributed by atoms with Crippen molar-refractivity contribution >= 4 is 0 Å². The predicted molar refractivity (Wildman–Crippen MR) is 63.9 cm³/mol. The number of piperidine rings is 1. The minimum absolute atomic E-state index is 0.438. The Morgan fingerprint density at radius 1 is 1.13 bits per heavy atom. The maximum atomic E-state index is 6.00. The lowest BCUT2D eigenvalue weighted by Gasteiger charge is -2.40. The average Bonchev–Trinajstić information content (AvgIpc) is 2.46. The van der Waals surface area contributed by atoms with Crippen LogP contribution in [-0.4, -0.2) is 54.1 Å². The van der Waals surface area contributed by atoms with E-state index in [4.69, 9.17) is 5.73 Å². The predicted octanol–water partition coefficient (Wildman–Crippen LogP) is 0.891. The van der Waals surface area contributed by atoms with Crippen LogP contribution in [0.3, 0.4) is 0 Å². The fraction of sp³-hybridized carbons (Fsp3) is 1.00. The van der Waals surface area contributed by atoms with Crippen molar-refractivity contribution in [1.29, 1.82) is 0 Å². The van der Waals surface area contributed by atoms with Crippen molar-refractivity contribution in [2.45, 2.75) is 57.3 Å². The van der Waals surface area contributed by atoms with Gasteiger partial charge in [0.25, 0.3) is 0 Å². The van der Waals surface area contributed by atoms with Crippen LogP contribution >= 0.6 is 0 Å². The first-order valence-electron chi connectivity index (χ1n) is 6.29. The van der Waals surface area contributed by atoms with Gasteiger partial charge in [-0.3, -0.25) is 4.90 Å². The molecular weight excluding hydrogens is 186 g/mol. The molecule has 88 valence electrons. The van der Waals surface area contributed by atoms with E-state index in [1.165, 1.54) is 32.4 Å². The first-order chi connectivity index (χ1) is 7.08. The van der Waals surface area contributed by atoms with Crippen LogP contribution in [0.15, 0.2) is 0 Å². The van der Waals surface area contributed by atoms with E-state index in [1.54, 1.807) is 0 Å². The van der Waals surface area contributed by atoms with E-state index in [1.807, 2.05) is 0 Å². The first-order valence-corrected chi connectivity index (χ1v) is 6.29. The normalized spacial score (nSPS) is 44.8. The van der Waals surface area contributed by atoms with Gasteiger partial charge in [0.05, 0.1) is 0 Å². The molecule has 0 aromatic heterocycles. The van der Waals surface area contributed by atoms with Gasteiger partial charge in [0.1, 0.15) is 0 Å². The fourth-order valence-corrected chi connectivity index (χ4v) is 3.17. The quantitative estimate of drug-likeness (QED) is 0.699. The van der Waals surface area contributed by atoms with Crippen molar-refractivity contribution in [1.82, 2.24) is 9.80 Å². The Hall–Kier alpha value is -0.120. The van der Waals surface area contributed by atoms with Crippen molar-refractivity contribution in [3.8, 4) is 0 Å². The van der Waals surface area contributed by atoms with E-state index in [0.717, 1.165) is 12.1 Å². The van der Waals surface area contributed by atoms with Crippen LogP contribution in [0.25, 0.3) is 0 Å². The molecule has 15 heavy (non-hydrogen) atoms. The van der Waals surface area contributed by atoms with Gasteiger partial charge >= 0.3 is 0 Å². The van der Waals surface area contributed by atoms with Crippen molar-refractivity contribution in [2.75, 3.05) is 20.1 Å². The van der Waals surface area contributed by atoms with Crippen molar-refractivity contribution in [3.05, 3.63) is 0 Å². The van der Waals surface area contributed by atoms with Gasteiger partial charge in [-0.15, -0.1) is 0 Å². The molecule has 2 saturated heterocycles. The lowest BCUT2D eigenvalue weighted by atomic mass is 9.96. The first kappa shape index (κ1) is 11.4. The highest BCUT2D eigenvalue weighted by Gasteiger charge is 2.35. The lowest BCUT2D eigenvalue weighted by molar-refractivity contribution is 0.0996. The van der Waals surface area contributed by atoms with E-state index in [9.17, 15) is 0 Å². The molecule has 4 unspecified atom stereocenters. The third kappa shape index (κ3) is 2.35. The van der Waals surface area contributed by atoms with Gasteiger partial charge in [-0.05, 0) is 40.2 Å². The maximum absolute atomic E-state index is 6.00. The van der Waals surface area contributed by atoms with E-state index >= 15 is 0 Å². The molecule has 0 saturated carbocycles. The molecular formula is C12H25N3. The number of hydrogen-bond donors (Lipinski definition) is 1. The molecule has 3 heteroatoms. The molecule has 2 aliphatic rings. The number of likely N-dealkylation sites (N-methyl/N-ethyl adjacent to an activating group) is 1. The maximum Gasteiger partial charge on any atom is 0.0240 e. The smallest absolute Gasteiger partial charge is 0.0240 e. The molecule has 0 aromatic carbocycles. The number of rotatable bonds is 1. The largest absolute Gasteiger partial charge is 0.328 e. The van der Waals surface area contributed by atoms with Gasteiger partial charge < -0.3 is 10.6 Å². The SMILES string of the molecule is CC1CC(N2CCC(N)CC2C)CN1C. The number of nitrogens with two attached hydrogens (primary N) is 1. The molecule has 0 amide bonds. The van der Waals surface area contributed by atoms with E-state index < -0.39 is 0 Å². The van der Waals surface area contributed by atoms with Gasteiger partial charge in [-0.1, -0.05) is 0 Å². The Morgan fingerprint density at radius 3 is 2.40 bits per heavy atom. The van der Waals surface area contributed by atoms with Gasteiger partial charge in [0.2, 0.25) is 0 Å². The van der Waals surface area contributed by atoms with Crippen LogP contribution in [0.2, 0.25) is 0 Å². The minimum Gasteiger partial charge on any atom is -0.328 e. The molecule has 2 N–H and O–H groups in total. The summed E-state index contributed by atoms with van der Waals surface area (Å²) < 4.78 is 0. The third-order valence-electron chi connectivity index (χ3n) is 4.30. The Morgan fingerprint density at radius 2 is 1.87 bits per heavy atom. The molecule has 0 aromatic rings. The van der Waals surface area contributed by atoms with Crippen LogP contribution in [0.4, 0.5) is 0 Å². The van der Waals surface area contributed by atoms with Crippen LogP contribution in [0.5, 0.6) is 0 Å². The minimum atomic E-state index is 0.438. The Balaban J connectivity index is 1.94. The summed E-state index contributed by atoms with van der Waals surface area (Å²) >= 11 is 0. The lowest BCUT2D eigenvalue weighted by Crippen LogP contribution is -2.50. The molecule has 0 spiro atoms. The van der Waals surface area contributed by atoms with Crippen LogP contribution < -0.4 is 5.73 Å². The molecule has 3 nitrogen and oxygen atoms in total. The van der Waals surface area contributed by atoms with Crippen molar-refractivity contribution in [2.24, 2.45) is 5.73 Å². The second-order valence-corrected chi connectivity index (χ2v) is 5.55. The topological polar surface area (TPSA) is 32.5 Å². The summed E-state index contributed by atoms with van der Waals surface area (Å²) in [6, 6.07) is 2.63. The van der Waals surface area contributed by atoms with E-state index in [2.05, 4.69) is 30.7 Å². The van der Waals surface area contributed by atoms with Gasteiger partial charge in [-0.25, -0.2) is 0 Å². The summed E-state index contributed by atoms with van der Waals surface area (Å²) in [5.41, 5.74) is 6.00. The van der Waals surface area contributed by atoms with Crippen molar-refractivity contribution < 1.29 is 0 Å². The van der Waals surface area contributed by atoms with Crippen LogP contribution in [0.1, 0.15) is 33.1 Å². The third-order valence-corrected chi connectivity index (χ3v) is 4.30. The second-order valence-electron chi connectivity index (χ2n) is 5.55. The molecule has 2 heterocycles. The average molecular weight is 211 g/mol. The van der Waals surface area contributed by atoms with Gasteiger partial charge in [-0.2, -0.15) is 0 Å². The summed E-state index contributed by atoms with van der Waals surface area (Å²) in [5.74, 6) is 0. The standard InChI is InChI=1S/C12H25N3/c1-9-7-12(8-14(9)3)15-5-4-11(13)6-10(15)2/h9-12H,4-8,13H2,1-3H3. The molecule has 0 bridgehead atoms. The summed E-state index contributed by atoms with van der Waals surface area (Å²) in [6.07, 6.45) is 3.68. The van der Waals surface area contributed by atoms with E-state index in [0.29, 0.717) is 12.1 Å². The van der Waals surface area contributed by atoms with Gasteiger partial charge in [0, 0.05) is 37.3 Å². The summed E-state index contributed by atoms with van der Waals surface area (Å²) in [5, 5.41) is 0. The molecule has 2 fully saturated rings. The van der Waals surface area contributed by atoms with Gasteiger partial charge in [0.15, 0.2) is 0 Å². The highest BCUT2D eigenvalue weighted by molar-refractivity contribution is 4.92. The molecule has 2 aliphatic heterocycles. The molecule has 4 atom stereocenters. The summed E-state index contributed by atoms with van der Waals surface area (Å²) in [4.78, 5) is 5.16. The summed E-state index contributed by atoms with van der Waals surface area (Å²) in [7, 11) is 2.24. The zero-order valence-electron chi connectivity index (χ0n) is 10.3. The number of nitrogens with zero attached hydrogens (tertiary/aromatic N) is 2. The Labute approximate surface area is 93.6 Å². The second kappa shape index (κ2) is 4.40. The number of hydrogen-bond acceptors (Lipinski definition) is 3. The summed E-state index contributed by atoms with van der Waals surface area (Å²) in [6.45, 7) is 7.11. The molecule has 2 rings (SSSR count).